The fourth-order valence-corrected chi connectivity index (χ4v) is 7.73. The first-order valence-corrected chi connectivity index (χ1v) is 14.1. The van der Waals surface area contributed by atoms with Crippen LogP contribution in [0.1, 0.15) is 0 Å². The molecule has 0 saturated heterocycles. The second kappa shape index (κ2) is 6.86. The number of nitrogens with zero attached hydrogens (tertiary/aromatic N) is 4. The van der Waals surface area contributed by atoms with Crippen LogP contribution in [0, 0.1) is 0 Å². The third-order valence-electron chi connectivity index (χ3n) is 9.45. The molecule has 0 aliphatic rings. The van der Waals surface area contributed by atoms with Gasteiger partial charge in [-0.25, -0.2) is 9.97 Å². The molecule has 43 heavy (non-hydrogen) atoms. The quantitative estimate of drug-likeness (QED) is 0.163. The van der Waals surface area contributed by atoms with Crippen molar-refractivity contribution in [2.45, 2.75) is 0 Å². The van der Waals surface area contributed by atoms with Gasteiger partial charge in [0.2, 0.25) is 0 Å². The molecule has 7 nitrogen and oxygen atoms in total. The topological polar surface area (TPSA) is 89.0 Å². The first-order chi connectivity index (χ1) is 21.1. The van der Waals surface area contributed by atoms with E-state index in [-0.39, 0.29) is 16.9 Å². The summed E-state index contributed by atoms with van der Waals surface area (Å²) in [7, 11) is 0. The van der Waals surface area contributed by atoms with Gasteiger partial charge in [0.25, 0.3) is 11.1 Å². The van der Waals surface area contributed by atoms with Crippen molar-refractivity contribution >= 4 is 98.0 Å². The van der Waals surface area contributed by atoms with Gasteiger partial charge in [-0.1, -0.05) is 36.4 Å². The second-order valence-electron chi connectivity index (χ2n) is 11.5. The average molecular weight is 553 g/mol. The number of hydrogen-bond donors (Lipinski definition) is 1. The van der Waals surface area contributed by atoms with Crippen molar-refractivity contribution < 1.29 is 5.11 Å². The van der Waals surface area contributed by atoms with Gasteiger partial charge in [0, 0.05) is 38.4 Å². The lowest BCUT2D eigenvalue weighted by atomic mass is 9.86. The molecular formula is C36H16N4O3. The van der Waals surface area contributed by atoms with Crippen molar-refractivity contribution in [2.75, 3.05) is 0 Å². The van der Waals surface area contributed by atoms with Crippen molar-refractivity contribution in [3.05, 3.63) is 112 Å². The number of aromatic nitrogens is 4. The van der Waals surface area contributed by atoms with Gasteiger partial charge in [0.1, 0.15) is 17.0 Å². The number of aromatic hydroxyl groups is 1. The molecule has 0 unspecified atom stereocenters. The van der Waals surface area contributed by atoms with Crippen LogP contribution in [0.5, 0.6) is 5.75 Å². The van der Waals surface area contributed by atoms with Crippen LogP contribution in [-0.4, -0.2) is 23.9 Å². The maximum Gasteiger partial charge on any atom is 0.264 e. The molecule has 0 spiro atoms. The second-order valence-corrected chi connectivity index (χ2v) is 11.5. The number of benzene rings is 7. The molecular weight excluding hydrogens is 536 g/mol. The Kier molecular flexibility index (Phi) is 3.45. The molecule has 0 radical (unpaired) electrons. The largest absolute Gasteiger partial charge is 0.508 e. The zero-order valence-corrected chi connectivity index (χ0v) is 22.2. The molecule has 4 heterocycles. The summed E-state index contributed by atoms with van der Waals surface area (Å²) in [5, 5.41) is 21.1. The Hall–Kier alpha value is -6.08. The minimum Gasteiger partial charge on any atom is -0.508 e. The minimum atomic E-state index is -0.139. The van der Waals surface area contributed by atoms with Gasteiger partial charge in [0.05, 0.1) is 22.1 Å². The first-order valence-electron chi connectivity index (χ1n) is 14.1. The maximum atomic E-state index is 14.0. The average Bonchev–Trinajstić information content (AvgIpc) is 3.61. The Bertz CT molecular complexity index is 3150. The maximum absolute atomic E-state index is 14.0. The molecule has 0 amide bonds. The van der Waals surface area contributed by atoms with Gasteiger partial charge in [-0.2, -0.15) is 0 Å². The van der Waals surface area contributed by atoms with Gasteiger partial charge < -0.3 is 5.11 Å². The highest BCUT2D eigenvalue weighted by molar-refractivity contribution is 6.40. The zero-order valence-electron chi connectivity index (χ0n) is 22.2. The van der Waals surface area contributed by atoms with Crippen molar-refractivity contribution in [3.8, 4) is 5.75 Å². The monoisotopic (exact) mass is 552 g/mol. The van der Waals surface area contributed by atoms with Crippen LogP contribution in [0.3, 0.4) is 0 Å². The summed E-state index contributed by atoms with van der Waals surface area (Å²) in [6, 6.07) is 28.9. The lowest BCUT2D eigenvalue weighted by Gasteiger charge is -2.18. The fourth-order valence-electron chi connectivity index (χ4n) is 7.73. The number of phenols is 1. The normalized spacial score (nSPS) is 12.9. The van der Waals surface area contributed by atoms with Crippen molar-refractivity contribution in [1.82, 2.24) is 18.8 Å². The van der Waals surface area contributed by atoms with E-state index in [2.05, 4.69) is 18.2 Å². The molecule has 11 aromatic rings. The van der Waals surface area contributed by atoms with E-state index in [0.717, 1.165) is 64.9 Å². The number of rotatable bonds is 0. The van der Waals surface area contributed by atoms with Gasteiger partial charge in [-0.3, -0.25) is 18.4 Å². The number of pyridine rings is 2. The molecule has 11 rings (SSSR count). The smallest absolute Gasteiger partial charge is 0.264 e. The van der Waals surface area contributed by atoms with E-state index in [4.69, 9.17) is 9.97 Å². The van der Waals surface area contributed by atoms with E-state index >= 15 is 0 Å². The van der Waals surface area contributed by atoms with Crippen LogP contribution in [0.15, 0.2) is 101 Å². The Morgan fingerprint density at radius 1 is 0.465 bits per heavy atom. The summed E-state index contributed by atoms with van der Waals surface area (Å²) in [5.41, 5.74) is 3.84. The minimum absolute atomic E-state index is 0.0773. The van der Waals surface area contributed by atoms with Gasteiger partial charge in [0.15, 0.2) is 0 Å². The van der Waals surface area contributed by atoms with Crippen LogP contribution in [0.4, 0.5) is 0 Å². The number of fused-ring (bicyclic) bond motifs is 10. The zero-order chi connectivity index (χ0) is 28.3. The van der Waals surface area contributed by atoms with E-state index in [1.165, 1.54) is 0 Å². The van der Waals surface area contributed by atoms with Crippen LogP contribution < -0.4 is 11.1 Å². The number of imidazole rings is 2. The van der Waals surface area contributed by atoms with Crippen molar-refractivity contribution in [2.24, 2.45) is 0 Å². The fraction of sp³-hybridized carbons (Fsp3) is 0. The highest BCUT2D eigenvalue weighted by Gasteiger charge is 2.23. The molecule has 0 aliphatic carbocycles. The van der Waals surface area contributed by atoms with E-state index in [1.54, 1.807) is 27.0 Å². The highest BCUT2D eigenvalue weighted by Crippen LogP contribution is 2.45. The molecule has 0 aliphatic heterocycles. The Balaban J connectivity index is 1.39. The number of hydrogen-bond acceptors (Lipinski definition) is 5. The van der Waals surface area contributed by atoms with E-state index in [1.807, 2.05) is 54.6 Å². The van der Waals surface area contributed by atoms with E-state index < -0.39 is 0 Å². The lowest BCUT2D eigenvalue weighted by molar-refractivity contribution is 0.476. The molecule has 0 bridgehead atoms. The van der Waals surface area contributed by atoms with Crippen molar-refractivity contribution in [1.29, 1.82) is 0 Å². The third kappa shape index (κ3) is 2.30. The molecule has 1 N–H and O–H groups in total. The summed E-state index contributed by atoms with van der Waals surface area (Å²) in [4.78, 5) is 37.7. The highest BCUT2D eigenvalue weighted by atomic mass is 16.3. The predicted molar refractivity (Wildman–Crippen MR) is 172 cm³/mol. The van der Waals surface area contributed by atoms with Gasteiger partial charge in [-0.15, -0.1) is 0 Å². The summed E-state index contributed by atoms with van der Waals surface area (Å²) >= 11 is 0. The number of para-hydroxylation sites is 2. The van der Waals surface area contributed by atoms with Gasteiger partial charge in [-0.05, 0) is 80.8 Å². The lowest BCUT2D eigenvalue weighted by Crippen LogP contribution is -2.14. The number of phenolic OH excluding ortho intramolecular Hbond substituents is 1. The Morgan fingerprint density at radius 2 is 0.907 bits per heavy atom. The van der Waals surface area contributed by atoms with Crippen LogP contribution >= 0.6 is 0 Å². The molecule has 198 valence electrons. The third-order valence-corrected chi connectivity index (χ3v) is 9.45. The van der Waals surface area contributed by atoms with Crippen LogP contribution in [-0.2, 0) is 0 Å². The van der Waals surface area contributed by atoms with E-state index in [0.29, 0.717) is 33.1 Å². The molecule has 0 fully saturated rings. The van der Waals surface area contributed by atoms with Crippen LogP contribution in [0.2, 0.25) is 0 Å². The van der Waals surface area contributed by atoms with Crippen molar-refractivity contribution in [3.63, 3.8) is 0 Å². The summed E-state index contributed by atoms with van der Waals surface area (Å²) < 4.78 is 3.38. The standard InChI is InChI=1S/C36H16N4O3/c41-16-5-14-28-26(15-16)38-34-22-11-7-18-19-8-12-23-31-21(33-37-25-3-1-2-4-27(25)39(33)35(23)42)10-6-17(29(19)31)20-9-13-24(32(22)30(18)20)36(43)40(28)34/h1-15,41H. The summed E-state index contributed by atoms with van der Waals surface area (Å²) in [6.45, 7) is 0. The molecule has 0 saturated carbocycles. The SMILES string of the molecule is O=c1c2ccc3c4ccc5c6c(ccc(c7ccc(c2c73)c2nc3ccccc3n12)c46)c(=O)n1c2ccc(O)cc2nc51. The van der Waals surface area contributed by atoms with Gasteiger partial charge >= 0.3 is 0 Å². The summed E-state index contributed by atoms with van der Waals surface area (Å²) in [6.07, 6.45) is 0. The van der Waals surface area contributed by atoms with E-state index in [9.17, 15) is 14.7 Å². The molecule has 7 heteroatoms. The Labute approximate surface area is 239 Å². The molecule has 0 atom stereocenters. The summed E-state index contributed by atoms with van der Waals surface area (Å²) in [5.74, 6) is 0.107. The molecule has 4 aromatic heterocycles. The van der Waals surface area contributed by atoms with Crippen LogP contribution in [0.25, 0.3) is 98.0 Å². The Morgan fingerprint density at radius 3 is 1.49 bits per heavy atom. The first kappa shape index (κ1) is 21.6. The predicted octanol–water partition coefficient (Wildman–Crippen LogP) is 6.95. The molecule has 7 aromatic carbocycles.